The van der Waals surface area contributed by atoms with E-state index in [-0.39, 0.29) is 0 Å². The Morgan fingerprint density at radius 3 is 2.12 bits per heavy atom. The van der Waals surface area contributed by atoms with Crippen LogP contribution >= 0.6 is 0 Å². The van der Waals surface area contributed by atoms with E-state index in [4.69, 9.17) is 5.73 Å². The van der Waals surface area contributed by atoms with Crippen LogP contribution in [0.5, 0.6) is 0 Å². The fraction of sp³-hybridized carbons (Fsp3) is 1.00. The van der Waals surface area contributed by atoms with Crippen LogP contribution in [0.4, 0.5) is 0 Å². The van der Waals surface area contributed by atoms with Gasteiger partial charge in [-0.1, -0.05) is 27.7 Å². The van der Waals surface area contributed by atoms with Gasteiger partial charge < -0.3 is 10.6 Å². The van der Waals surface area contributed by atoms with Gasteiger partial charge in [0.1, 0.15) is 0 Å². The van der Waals surface area contributed by atoms with Gasteiger partial charge in [0.15, 0.2) is 0 Å². The van der Waals surface area contributed by atoms with Crippen molar-refractivity contribution in [3.05, 3.63) is 0 Å². The van der Waals surface area contributed by atoms with E-state index < -0.39 is 0 Å². The zero-order valence-corrected chi connectivity index (χ0v) is 11.7. The third-order valence-corrected chi connectivity index (χ3v) is 4.94. The van der Waals surface area contributed by atoms with Crippen LogP contribution in [-0.4, -0.2) is 31.1 Å². The molecule has 16 heavy (non-hydrogen) atoms. The Bertz CT molecular complexity index is 203. The quantitative estimate of drug-likeness (QED) is 0.754. The molecule has 1 saturated heterocycles. The summed E-state index contributed by atoms with van der Waals surface area (Å²) in [6.07, 6.45) is 5.18. The average Bonchev–Trinajstić information content (AvgIpc) is 2.69. The molecule has 0 aromatic heterocycles. The van der Waals surface area contributed by atoms with Crippen LogP contribution < -0.4 is 5.73 Å². The molecule has 1 atom stereocenters. The average molecular weight is 226 g/mol. The molecule has 0 amide bonds. The van der Waals surface area contributed by atoms with Crippen LogP contribution in [0.15, 0.2) is 0 Å². The van der Waals surface area contributed by atoms with E-state index >= 15 is 0 Å². The lowest BCUT2D eigenvalue weighted by atomic mass is 9.79. The molecule has 1 aliphatic heterocycles. The summed E-state index contributed by atoms with van der Waals surface area (Å²) in [5.74, 6) is 0. The van der Waals surface area contributed by atoms with Gasteiger partial charge in [-0.15, -0.1) is 0 Å². The Morgan fingerprint density at radius 1 is 1.19 bits per heavy atom. The van der Waals surface area contributed by atoms with Gasteiger partial charge in [-0.2, -0.15) is 0 Å². The van der Waals surface area contributed by atoms with E-state index in [1.807, 2.05) is 0 Å². The molecule has 1 rings (SSSR count). The minimum absolute atomic E-state index is 0.376. The maximum absolute atomic E-state index is 5.86. The first-order valence-electron chi connectivity index (χ1n) is 6.95. The largest absolute Gasteiger partial charge is 0.330 e. The third-order valence-electron chi connectivity index (χ3n) is 4.94. The Balaban J connectivity index is 2.55. The highest BCUT2D eigenvalue weighted by molar-refractivity contribution is 4.90. The Labute approximate surface area is 102 Å². The minimum Gasteiger partial charge on any atom is -0.330 e. The summed E-state index contributed by atoms with van der Waals surface area (Å²) >= 11 is 0. The molecule has 96 valence electrons. The second-order valence-corrected chi connectivity index (χ2v) is 6.04. The van der Waals surface area contributed by atoms with E-state index in [0.717, 1.165) is 6.54 Å². The van der Waals surface area contributed by atoms with Crippen LogP contribution in [0, 0.1) is 10.8 Å². The van der Waals surface area contributed by atoms with Crippen molar-refractivity contribution in [3.63, 3.8) is 0 Å². The second kappa shape index (κ2) is 5.50. The van der Waals surface area contributed by atoms with Gasteiger partial charge in [-0.05, 0) is 49.6 Å². The number of rotatable bonds is 6. The molecule has 0 radical (unpaired) electrons. The fourth-order valence-corrected chi connectivity index (χ4v) is 2.99. The van der Waals surface area contributed by atoms with E-state index in [0.29, 0.717) is 10.8 Å². The molecular formula is C14H30N2. The molecule has 0 spiro atoms. The van der Waals surface area contributed by atoms with Gasteiger partial charge in [0.2, 0.25) is 0 Å². The number of nitrogens with two attached hydrogens (primary N) is 1. The Morgan fingerprint density at radius 2 is 1.75 bits per heavy atom. The first-order chi connectivity index (χ1) is 7.53. The number of likely N-dealkylation sites (tertiary alicyclic amines) is 1. The van der Waals surface area contributed by atoms with Crippen molar-refractivity contribution in [2.24, 2.45) is 16.6 Å². The second-order valence-electron chi connectivity index (χ2n) is 6.04. The van der Waals surface area contributed by atoms with Crippen LogP contribution in [0.3, 0.4) is 0 Å². The van der Waals surface area contributed by atoms with Crippen LogP contribution in [0.25, 0.3) is 0 Å². The molecule has 0 saturated carbocycles. The molecule has 1 fully saturated rings. The Hall–Kier alpha value is -0.0800. The molecule has 2 heteroatoms. The number of hydrogen-bond donors (Lipinski definition) is 1. The van der Waals surface area contributed by atoms with Crippen molar-refractivity contribution >= 4 is 0 Å². The van der Waals surface area contributed by atoms with E-state index in [9.17, 15) is 0 Å². The first kappa shape index (κ1) is 14.0. The topological polar surface area (TPSA) is 29.3 Å². The summed E-state index contributed by atoms with van der Waals surface area (Å²) in [7, 11) is 0. The highest BCUT2D eigenvalue weighted by Crippen LogP contribution is 2.35. The van der Waals surface area contributed by atoms with Crippen molar-refractivity contribution in [3.8, 4) is 0 Å². The van der Waals surface area contributed by atoms with Gasteiger partial charge in [0.05, 0.1) is 0 Å². The number of hydrogen-bond acceptors (Lipinski definition) is 2. The highest BCUT2D eigenvalue weighted by atomic mass is 15.2. The molecule has 2 nitrogen and oxygen atoms in total. The molecule has 1 unspecified atom stereocenters. The minimum atomic E-state index is 0.376. The van der Waals surface area contributed by atoms with Gasteiger partial charge >= 0.3 is 0 Å². The van der Waals surface area contributed by atoms with Crippen molar-refractivity contribution in [2.75, 3.05) is 26.2 Å². The lowest BCUT2D eigenvalue weighted by Crippen LogP contribution is -2.38. The van der Waals surface area contributed by atoms with Crippen LogP contribution in [0.2, 0.25) is 0 Å². The van der Waals surface area contributed by atoms with E-state index in [1.54, 1.807) is 0 Å². The number of nitrogens with zero attached hydrogens (tertiary/aromatic N) is 1. The summed E-state index contributed by atoms with van der Waals surface area (Å²) in [5.41, 5.74) is 6.78. The molecule has 2 N–H and O–H groups in total. The van der Waals surface area contributed by atoms with Gasteiger partial charge in [-0.25, -0.2) is 0 Å². The van der Waals surface area contributed by atoms with Crippen molar-refractivity contribution < 1.29 is 0 Å². The summed E-state index contributed by atoms with van der Waals surface area (Å²) in [6, 6.07) is 0. The van der Waals surface area contributed by atoms with E-state index in [1.165, 1.54) is 45.3 Å². The molecule has 0 aromatic carbocycles. The van der Waals surface area contributed by atoms with Gasteiger partial charge in [0, 0.05) is 13.1 Å². The summed E-state index contributed by atoms with van der Waals surface area (Å²) in [4.78, 5) is 2.64. The summed E-state index contributed by atoms with van der Waals surface area (Å²) in [5, 5.41) is 0. The SMILES string of the molecule is CCC(CC)(CC)CN1CCC(C)(CN)C1. The normalized spacial score (nSPS) is 27.6. The monoisotopic (exact) mass is 226 g/mol. The molecule has 0 bridgehead atoms. The van der Waals surface area contributed by atoms with Gasteiger partial charge in [0.25, 0.3) is 0 Å². The molecule has 1 aliphatic rings. The summed E-state index contributed by atoms with van der Waals surface area (Å²) < 4.78 is 0. The fourth-order valence-electron chi connectivity index (χ4n) is 2.99. The van der Waals surface area contributed by atoms with Gasteiger partial charge in [-0.3, -0.25) is 0 Å². The predicted octanol–water partition coefficient (Wildman–Crippen LogP) is 2.87. The van der Waals surface area contributed by atoms with E-state index in [2.05, 4.69) is 32.6 Å². The zero-order chi connectivity index (χ0) is 12.2. The highest BCUT2D eigenvalue weighted by Gasteiger charge is 2.36. The van der Waals surface area contributed by atoms with Crippen molar-refractivity contribution in [1.82, 2.24) is 4.90 Å². The molecule has 0 aromatic rings. The van der Waals surface area contributed by atoms with Crippen molar-refractivity contribution in [1.29, 1.82) is 0 Å². The van der Waals surface area contributed by atoms with Crippen molar-refractivity contribution in [2.45, 2.75) is 53.4 Å². The maximum Gasteiger partial charge on any atom is 0.00481 e. The summed E-state index contributed by atoms with van der Waals surface area (Å²) in [6.45, 7) is 13.9. The molecular weight excluding hydrogens is 196 g/mol. The zero-order valence-electron chi connectivity index (χ0n) is 11.7. The molecule has 0 aliphatic carbocycles. The van der Waals surface area contributed by atoms with Crippen LogP contribution in [-0.2, 0) is 0 Å². The predicted molar refractivity (Wildman–Crippen MR) is 71.5 cm³/mol. The Kier molecular flexibility index (Phi) is 4.81. The first-order valence-corrected chi connectivity index (χ1v) is 6.95. The molecule has 1 heterocycles. The lowest BCUT2D eigenvalue weighted by molar-refractivity contribution is 0.142. The maximum atomic E-state index is 5.86. The third kappa shape index (κ3) is 2.98. The smallest absolute Gasteiger partial charge is 0.00481 e. The standard InChI is InChI=1S/C14H30N2/c1-5-14(6-2,7-3)12-16-9-8-13(4,10-15)11-16/h5-12,15H2,1-4H3. The lowest BCUT2D eigenvalue weighted by Gasteiger charge is -2.35. The van der Waals surface area contributed by atoms with Crippen LogP contribution in [0.1, 0.15) is 53.4 Å².